The van der Waals surface area contributed by atoms with Crippen LogP contribution in [0.15, 0.2) is 47.1 Å². The molecule has 4 heteroatoms. The Morgan fingerprint density at radius 3 is 2.88 bits per heavy atom. The summed E-state index contributed by atoms with van der Waals surface area (Å²) in [4.78, 5) is 14.6. The normalized spacial score (nSPS) is 24.8. The number of carbonyl (C=O) groups excluding carboxylic acids is 1. The van der Waals surface area contributed by atoms with Gasteiger partial charge in [0.1, 0.15) is 11.4 Å². The van der Waals surface area contributed by atoms with E-state index in [1.54, 1.807) is 6.26 Å². The molecule has 2 aliphatic heterocycles. The Morgan fingerprint density at radius 2 is 2.12 bits per heavy atom. The molecule has 0 aliphatic carbocycles. The standard InChI is InChI=1S/C20H22N2O2/c1-14-6-7-17-16(13-14)19(2,3)20(10-8-15-5-4-12-24-15)21-18(23)9-11-22(17)20/h4-8,10,12-13H,9,11H2,1-3H3,(H,21,23)/b10-8+/t20-/m0/s1. The number of hydrogen-bond acceptors (Lipinski definition) is 3. The van der Waals surface area contributed by atoms with Gasteiger partial charge in [-0.25, -0.2) is 0 Å². The maximum absolute atomic E-state index is 12.3. The first kappa shape index (κ1) is 15.1. The minimum Gasteiger partial charge on any atom is -0.465 e. The first-order valence-electron chi connectivity index (χ1n) is 8.37. The fraction of sp³-hybridized carbons (Fsp3) is 0.350. The quantitative estimate of drug-likeness (QED) is 0.918. The number of aryl methyl sites for hydroxylation is 1. The molecule has 0 radical (unpaired) electrons. The Morgan fingerprint density at radius 1 is 1.29 bits per heavy atom. The highest BCUT2D eigenvalue weighted by Gasteiger charge is 2.57. The Bertz CT molecular complexity index is 820. The van der Waals surface area contributed by atoms with Crippen LogP contribution in [0.1, 0.15) is 37.2 Å². The molecule has 1 N–H and O–H groups in total. The number of amides is 1. The van der Waals surface area contributed by atoms with Gasteiger partial charge < -0.3 is 14.6 Å². The van der Waals surface area contributed by atoms with E-state index in [2.05, 4.69) is 55.3 Å². The van der Waals surface area contributed by atoms with Crippen molar-refractivity contribution in [1.82, 2.24) is 5.32 Å². The van der Waals surface area contributed by atoms with Crippen molar-refractivity contribution in [2.75, 3.05) is 11.4 Å². The molecule has 4 nitrogen and oxygen atoms in total. The van der Waals surface area contributed by atoms with Gasteiger partial charge in [0.2, 0.25) is 5.91 Å². The molecule has 0 saturated carbocycles. The van der Waals surface area contributed by atoms with Gasteiger partial charge in [0, 0.05) is 24.1 Å². The summed E-state index contributed by atoms with van der Waals surface area (Å²) in [7, 11) is 0. The van der Waals surface area contributed by atoms with Crippen LogP contribution in [0.2, 0.25) is 0 Å². The summed E-state index contributed by atoms with van der Waals surface area (Å²) < 4.78 is 5.44. The molecule has 4 rings (SSSR count). The second-order valence-electron chi connectivity index (χ2n) is 7.21. The average molecular weight is 322 g/mol. The largest absolute Gasteiger partial charge is 0.465 e. The fourth-order valence-electron chi connectivity index (χ4n) is 4.06. The SMILES string of the molecule is Cc1ccc2c(c1)C(C)(C)[C@@]1(/C=C/c3ccco3)NC(=O)CCN21. The smallest absolute Gasteiger partial charge is 0.223 e. The zero-order valence-corrected chi connectivity index (χ0v) is 14.3. The van der Waals surface area contributed by atoms with Gasteiger partial charge in [0.15, 0.2) is 0 Å². The number of rotatable bonds is 2. The highest BCUT2D eigenvalue weighted by Crippen LogP contribution is 2.52. The van der Waals surface area contributed by atoms with E-state index in [1.165, 1.54) is 16.8 Å². The summed E-state index contributed by atoms with van der Waals surface area (Å²) in [6.07, 6.45) is 6.21. The number of nitrogens with zero attached hydrogens (tertiary/aromatic N) is 1. The summed E-state index contributed by atoms with van der Waals surface area (Å²) >= 11 is 0. The second kappa shape index (κ2) is 5.00. The van der Waals surface area contributed by atoms with Crippen molar-refractivity contribution in [2.45, 2.75) is 38.3 Å². The Kier molecular flexibility index (Phi) is 3.14. The number of fused-ring (bicyclic) bond motifs is 3. The summed E-state index contributed by atoms with van der Waals surface area (Å²) in [6, 6.07) is 10.3. The van der Waals surface area contributed by atoms with Crippen molar-refractivity contribution < 1.29 is 9.21 Å². The van der Waals surface area contributed by atoms with Crippen LogP contribution in [0.5, 0.6) is 0 Å². The number of furan rings is 1. The van der Waals surface area contributed by atoms with Crippen LogP contribution >= 0.6 is 0 Å². The number of benzene rings is 1. The predicted octanol–water partition coefficient (Wildman–Crippen LogP) is 3.62. The molecule has 124 valence electrons. The number of carbonyl (C=O) groups is 1. The van der Waals surface area contributed by atoms with Gasteiger partial charge in [-0.05, 0) is 42.8 Å². The van der Waals surface area contributed by atoms with Gasteiger partial charge in [0.05, 0.1) is 6.26 Å². The molecular formula is C20H22N2O2. The van der Waals surface area contributed by atoms with Gasteiger partial charge in [-0.3, -0.25) is 4.79 Å². The average Bonchev–Trinajstić information content (AvgIpc) is 3.11. The van der Waals surface area contributed by atoms with E-state index < -0.39 is 5.66 Å². The molecular weight excluding hydrogens is 300 g/mol. The summed E-state index contributed by atoms with van der Waals surface area (Å²) in [5.74, 6) is 0.875. The second-order valence-corrected chi connectivity index (χ2v) is 7.21. The van der Waals surface area contributed by atoms with Gasteiger partial charge in [-0.1, -0.05) is 31.5 Å². The fourth-order valence-corrected chi connectivity index (χ4v) is 4.06. The van der Waals surface area contributed by atoms with E-state index in [1.807, 2.05) is 18.2 Å². The third kappa shape index (κ3) is 1.95. The minimum atomic E-state index is -0.578. The number of nitrogens with one attached hydrogen (secondary N) is 1. The molecule has 1 saturated heterocycles. The van der Waals surface area contributed by atoms with Crippen LogP contribution < -0.4 is 10.2 Å². The zero-order chi connectivity index (χ0) is 16.9. The van der Waals surface area contributed by atoms with Crippen molar-refractivity contribution in [3.8, 4) is 0 Å². The lowest BCUT2D eigenvalue weighted by molar-refractivity contribution is -0.124. The molecule has 1 fully saturated rings. The molecule has 2 aliphatic rings. The van der Waals surface area contributed by atoms with E-state index in [0.717, 1.165) is 5.76 Å². The first-order valence-corrected chi connectivity index (χ1v) is 8.37. The number of hydrogen-bond donors (Lipinski definition) is 1. The topological polar surface area (TPSA) is 45.5 Å². The Hall–Kier alpha value is -2.49. The molecule has 0 bridgehead atoms. The van der Waals surface area contributed by atoms with Crippen molar-refractivity contribution in [2.24, 2.45) is 0 Å². The van der Waals surface area contributed by atoms with Crippen LogP contribution in [-0.4, -0.2) is 18.1 Å². The molecule has 1 atom stereocenters. The predicted molar refractivity (Wildman–Crippen MR) is 94.8 cm³/mol. The minimum absolute atomic E-state index is 0.0907. The zero-order valence-electron chi connectivity index (χ0n) is 14.3. The highest BCUT2D eigenvalue weighted by molar-refractivity contribution is 5.84. The highest BCUT2D eigenvalue weighted by atomic mass is 16.3. The summed E-state index contributed by atoms with van der Waals surface area (Å²) in [5.41, 5.74) is 2.88. The molecule has 0 spiro atoms. The number of anilines is 1. The molecule has 0 unspecified atom stereocenters. The monoisotopic (exact) mass is 322 g/mol. The van der Waals surface area contributed by atoms with Gasteiger partial charge >= 0.3 is 0 Å². The molecule has 3 heterocycles. The Balaban J connectivity index is 1.88. The third-order valence-electron chi connectivity index (χ3n) is 5.42. The van der Waals surface area contributed by atoms with Gasteiger partial charge in [-0.2, -0.15) is 0 Å². The van der Waals surface area contributed by atoms with Crippen molar-refractivity contribution in [3.05, 3.63) is 59.6 Å². The van der Waals surface area contributed by atoms with Crippen molar-refractivity contribution in [1.29, 1.82) is 0 Å². The van der Waals surface area contributed by atoms with Crippen LogP contribution in [0, 0.1) is 6.92 Å². The maximum Gasteiger partial charge on any atom is 0.223 e. The third-order valence-corrected chi connectivity index (χ3v) is 5.42. The van der Waals surface area contributed by atoms with Gasteiger partial charge in [-0.15, -0.1) is 0 Å². The maximum atomic E-state index is 12.3. The molecule has 2 aromatic rings. The lowest BCUT2D eigenvalue weighted by Gasteiger charge is -2.49. The Labute approximate surface area is 142 Å². The lowest BCUT2D eigenvalue weighted by atomic mass is 9.74. The lowest BCUT2D eigenvalue weighted by Crippen LogP contribution is -2.68. The molecule has 1 aromatic heterocycles. The van der Waals surface area contributed by atoms with Crippen LogP contribution in [0.3, 0.4) is 0 Å². The van der Waals surface area contributed by atoms with Crippen LogP contribution in [-0.2, 0) is 10.2 Å². The molecule has 24 heavy (non-hydrogen) atoms. The van der Waals surface area contributed by atoms with E-state index in [0.29, 0.717) is 13.0 Å². The summed E-state index contributed by atoms with van der Waals surface area (Å²) in [5, 5.41) is 3.27. The van der Waals surface area contributed by atoms with Gasteiger partial charge in [0.25, 0.3) is 0 Å². The van der Waals surface area contributed by atoms with Crippen molar-refractivity contribution in [3.63, 3.8) is 0 Å². The van der Waals surface area contributed by atoms with E-state index >= 15 is 0 Å². The van der Waals surface area contributed by atoms with E-state index in [9.17, 15) is 4.79 Å². The summed E-state index contributed by atoms with van der Waals surface area (Å²) in [6.45, 7) is 7.22. The molecule has 1 aromatic carbocycles. The van der Waals surface area contributed by atoms with E-state index in [-0.39, 0.29) is 11.3 Å². The first-order chi connectivity index (χ1) is 11.4. The molecule has 1 amide bonds. The van der Waals surface area contributed by atoms with E-state index in [4.69, 9.17) is 4.42 Å². The van der Waals surface area contributed by atoms with Crippen LogP contribution in [0.4, 0.5) is 5.69 Å². The van der Waals surface area contributed by atoms with Crippen LogP contribution in [0.25, 0.3) is 6.08 Å². The van der Waals surface area contributed by atoms with Crippen molar-refractivity contribution >= 4 is 17.7 Å².